The molecule has 2 aromatic rings. The molecule has 1 atom stereocenters. The van der Waals surface area contributed by atoms with E-state index in [9.17, 15) is 10.1 Å². The number of aromatic nitrogens is 2. The first-order valence-corrected chi connectivity index (χ1v) is 7.16. The SMILES string of the molecule is Cc1ncc([N+](=O)[O-])n1CC1=NNC(c2ccc3c(c2)OCO3)O1. The molecule has 1 aromatic heterocycles. The van der Waals surface area contributed by atoms with E-state index in [0.29, 0.717) is 23.2 Å². The van der Waals surface area contributed by atoms with Gasteiger partial charge in [0.25, 0.3) is 5.90 Å². The molecule has 2 aliphatic rings. The maximum Gasteiger partial charge on any atom is 0.343 e. The molecular formula is C14H13N5O5. The van der Waals surface area contributed by atoms with Crippen molar-refractivity contribution in [2.75, 3.05) is 6.79 Å². The summed E-state index contributed by atoms with van der Waals surface area (Å²) >= 11 is 0. The zero-order valence-corrected chi connectivity index (χ0v) is 12.6. The number of hydrogen-bond acceptors (Lipinski definition) is 8. The molecule has 2 aliphatic heterocycles. The molecule has 4 rings (SSSR count). The molecule has 3 heterocycles. The Morgan fingerprint density at radius 1 is 1.42 bits per heavy atom. The number of aryl methyl sites for hydroxylation is 1. The predicted octanol–water partition coefficient (Wildman–Crippen LogP) is 1.46. The van der Waals surface area contributed by atoms with Crippen LogP contribution in [0.4, 0.5) is 5.82 Å². The van der Waals surface area contributed by atoms with E-state index in [-0.39, 0.29) is 19.2 Å². The average molecular weight is 331 g/mol. The van der Waals surface area contributed by atoms with E-state index in [0.717, 1.165) is 5.56 Å². The minimum Gasteiger partial charge on any atom is -0.454 e. The van der Waals surface area contributed by atoms with Gasteiger partial charge in [0.2, 0.25) is 13.0 Å². The van der Waals surface area contributed by atoms with E-state index in [1.807, 2.05) is 12.1 Å². The van der Waals surface area contributed by atoms with Gasteiger partial charge >= 0.3 is 5.82 Å². The highest BCUT2D eigenvalue weighted by molar-refractivity contribution is 5.77. The van der Waals surface area contributed by atoms with E-state index in [1.165, 1.54) is 10.8 Å². The standard InChI is InChI=1S/C14H13N5O5/c1-8-15-5-13(19(20)21)18(8)6-12-16-17-14(24-12)9-2-3-10-11(4-9)23-7-22-10/h2-5,14,17H,6-7H2,1H3. The van der Waals surface area contributed by atoms with Gasteiger partial charge < -0.3 is 24.3 Å². The molecule has 0 saturated heterocycles. The van der Waals surface area contributed by atoms with Crippen molar-refractivity contribution in [3.05, 3.63) is 45.9 Å². The fraction of sp³-hybridized carbons (Fsp3) is 0.286. The van der Waals surface area contributed by atoms with Crippen molar-refractivity contribution in [1.82, 2.24) is 15.0 Å². The van der Waals surface area contributed by atoms with Gasteiger partial charge in [0.1, 0.15) is 6.20 Å². The molecule has 0 amide bonds. The molecule has 0 radical (unpaired) electrons. The van der Waals surface area contributed by atoms with Crippen LogP contribution in [-0.2, 0) is 11.3 Å². The highest BCUT2D eigenvalue weighted by atomic mass is 16.7. The third-order valence-electron chi connectivity index (χ3n) is 3.77. The summed E-state index contributed by atoms with van der Waals surface area (Å²) in [5, 5.41) is 15.1. The van der Waals surface area contributed by atoms with Gasteiger partial charge in [-0.3, -0.25) is 5.43 Å². The topological polar surface area (TPSA) is 113 Å². The summed E-state index contributed by atoms with van der Waals surface area (Å²) < 4.78 is 17.8. The van der Waals surface area contributed by atoms with Crippen molar-refractivity contribution in [2.24, 2.45) is 5.10 Å². The number of hydrogen-bond donors (Lipinski definition) is 1. The van der Waals surface area contributed by atoms with Crippen LogP contribution in [0, 0.1) is 17.0 Å². The van der Waals surface area contributed by atoms with Crippen molar-refractivity contribution in [3.8, 4) is 11.5 Å². The van der Waals surface area contributed by atoms with Crippen molar-refractivity contribution in [2.45, 2.75) is 19.7 Å². The summed E-state index contributed by atoms with van der Waals surface area (Å²) in [7, 11) is 0. The summed E-state index contributed by atoms with van der Waals surface area (Å²) in [5.41, 5.74) is 3.68. The summed E-state index contributed by atoms with van der Waals surface area (Å²) in [6, 6.07) is 5.45. The molecule has 0 aliphatic carbocycles. The molecule has 0 fully saturated rings. The number of benzene rings is 1. The quantitative estimate of drug-likeness (QED) is 0.666. The van der Waals surface area contributed by atoms with Crippen LogP contribution >= 0.6 is 0 Å². The molecule has 1 aromatic carbocycles. The Labute approximate surface area is 135 Å². The van der Waals surface area contributed by atoms with Gasteiger partial charge in [-0.25, -0.2) is 9.55 Å². The molecular weight excluding hydrogens is 318 g/mol. The molecule has 0 spiro atoms. The number of imidazole rings is 1. The zero-order chi connectivity index (χ0) is 16.7. The second-order valence-electron chi connectivity index (χ2n) is 5.25. The Morgan fingerprint density at radius 3 is 3.08 bits per heavy atom. The van der Waals surface area contributed by atoms with Crippen molar-refractivity contribution in [1.29, 1.82) is 0 Å². The maximum absolute atomic E-state index is 11.0. The highest BCUT2D eigenvalue weighted by Gasteiger charge is 2.27. The van der Waals surface area contributed by atoms with Gasteiger partial charge in [0, 0.05) is 12.5 Å². The lowest BCUT2D eigenvalue weighted by Crippen LogP contribution is -2.16. The van der Waals surface area contributed by atoms with Crippen LogP contribution in [0.15, 0.2) is 29.5 Å². The predicted molar refractivity (Wildman–Crippen MR) is 80.6 cm³/mol. The van der Waals surface area contributed by atoms with Crippen LogP contribution in [0.1, 0.15) is 17.6 Å². The third-order valence-corrected chi connectivity index (χ3v) is 3.77. The van der Waals surface area contributed by atoms with Gasteiger partial charge in [-0.1, -0.05) is 0 Å². The fourth-order valence-corrected chi connectivity index (χ4v) is 2.54. The Kier molecular flexibility index (Phi) is 3.22. The molecule has 1 unspecified atom stereocenters. The molecule has 1 N–H and O–H groups in total. The van der Waals surface area contributed by atoms with Crippen LogP contribution in [0.2, 0.25) is 0 Å². The second-order valence-corrected chi connectivity index (χ2v) is 5.25. The number of nitro groups is 1. The van der Waals surface area contributed by atoms with E-state index in [2.05, 4.69) is 15.5 Å². The number of ether oxygens (including phenoxy) is 3. The Bertz CT molecular complexity index is 846. The van der Waals surface area contributed by atoms with Crippen LogP contribution in [0.25, 0.3) is 0 Å². The van der Waals surface area contributed by atoms with Crippen molar-refractivity contribution in [3.63, 3.8) is 0 Å². The van der Waals surface area contributed by atoms with Crippen LogP contribution in [-0.4, -0.2) is 27.2 Å². The normalized spacial score (nSPS) is 18.0. The average Bonchev–Trinajstić information content (AvgIpc) is 3.28. The molecule has 0 saturated carbocycles. The summed E-state index contributed by atoms with van der Waals surface area (Å²) in [6.07, 6.45) is 0.727. The minimum atomic E-state index is -0.489. The first-order valence-electron chi connectivity index (χ1n) is 7.16. The van der Waals surface area contributed by atoms with Crippen molar-refractivity contribution < 1.29 is 19.1 Å². The fourth-order valence-electron chi connectivity index (χ4n) is 2.54. The molecule has 24 heavy (non-hydrogen) atoms. The summed E-state index contributed by atoms with van der Waals surface area (Å²) in [5.74, 6) is 2.07. The minimum absolute atomic E-state index is 0.106. The van der Waals surface area contributed by atoms with Crippen LogP contribution < -0.4 is 14.9 Å². The monoisotopic (exact) mass is 331 g/mol. The Hall–Kier alpha value is -3.30. The van der Waals surface area contributed by atoms with Gasteiger partial charge in [0.05, 0.1) is 0 Å². The van der Waals surface area contributed by atoms with Crippen molar-refractivity contribution >= 4 is 11.7 Å². The number of nitrogens with one attached hydrogen (secondary N) is 1. The van der Waals surface area contributed by atoms with E-state index >= 15 is 0 Å². The highest BCUT2D eigenvalue weighted by Crippen LogP contribution is 2.35. The van der Waals surface area contributed by atoms with Crippen LogP contribution in [0.5, 0.6) is 11.5 Å². The number of rotatable bonds is 4. The molecule has 124 valence electrons. The Balaban J connectivity index is 1.49. The van der Waals surface area contributed by atoms with Gasteiger partial charge in [-0.2, -0.15) is 0 Å². The van der Waals surface area contributed by atoms with Gasteiger partial charge in [-0.15, -0.1) is 5.10 Å². The third kappa shape index (κ3) is 2.37. The van der Waals surface area contributed by atoms with E-state index < -0.39 is 11.2 Å². The number of nitrogens with zero attached hydrogens (tertiary/aromatic N) is 4. The molecule has 10 heteroatoms. The smallest absolute Gasteiger partial charge is 0.343 e. The molecule has 0 bridgehead atoms. The maximum atomic E-state index is 11.0. The Morgan fingerprint density at radius 2 is 2.25 bits per heavy atom. The first-order chi connectivity index (χ1) is 11.6. The van der Waals surface area contributed by atoms with E-state index in [4.69, 9.17) is 14.2 Å². The molecule has 10 nitrogen and oxygen atoms in total. The second kappa shape index (κ2) is 5.41. The largest absolute Gasteiger partial charge is 0.454 e. The summed E-state index contributed by atoms with van der Waals surface area (Å²) in [6.45, 7) is 2.00. The zero-order valence-electron chi connectivity index (χ0n) is 12.6. The van der Waals surface area contributed by atoms with Gasteiger partial charge in [0.15, 0.2) is 23.9 Å². The first kappa shape index (κ1) is 14.3. The summed E-state index contributed by atoms with van der Waals surface area (Å²) in [4.78, 5) is 14.5. The lowest BCUT2D eigenvalue weighted by molar-refractivity contribution is -0.392. The lowest BCUT2D eigenvalue weighted by Gasteiger charge is -2.11. The number of fused-ring (bicyclic) bond motifs is 1. The van der Waals surface area contributed by atoms with Crippen LogP contribution in [0.3, 0.4) is 0 Å². The van der Waals surface area contributed by atoms with Gasteiger partial charge in [-0.05, 0) is 23.1 Å². The lowest BCUT2D eigenvalue weighted by atomic mass is 10.2. The number of hydrazone groups is 1. The van der Waals surface area contributed by atoms with E-state index in [1.54, 1.807) is 13.0 Å².